The van der Waals surface area contributed by atoms with Crippen LogP contribution in [0.25, 0.3) is 0 Å². The van der Waals surface area contributed by atoms with Gasteiger partial charge in [-0.2, -0.15) is 0 Å². The van der Waals surface area contributed by atoms with Crippen molar-refractivity contribution < 1.29 is 18.7 Å². The van der Waals surface area contributed by atoms with Crippen molar-refractivity contribution in [3.8, 4) is 0 Å². The van der Waals surface area contributed by atoms with Crippen LogP contribution in [-0.4, -0.2) is 53.5 Å². The highest BCUT2D eigenvalue weighted by molar-refractivity contribution is 6.04. The fourth-order valence-electron chi connectivity index (χ4n) is 3.37. The molecule has 7 nitrogen and oxygen atoms in total. The molecule has 1 fully saturated rings. The molecule has 154 valence electrons. The number of piperidine rings is 1. The van der Waals surface area contributed by atoms with Gasteiger partial charge in [0.1, 0.15) is 11.6 Å². The number of anilines is 1. The maximum absolute atomic E-state index is 13.0. The van der Waals surface area contributed by atoms with Crippen LogP contribution < -0.4 is 5.32 Å². The second kappa shape index (κ2) is 9.56. The summed E-state index contributed by atoms with van der Waals surface area (Å²) < 4.78 is 18.0. The molecule has 0 unspecified atom stereocenters. The molecule has 1 aliphatic heterocycles. The number of likely N-dealkylation sites (tertiary alicyclic amines) is 1. The lowest BCUT2D eigenvalue weighted by molar-refractivity contribution is -0.133. The number of halogens is 1. The molecule has 29 heavy (non-hydrogen) atoms. The number of nitrogens with one attached hydrogen (secondary N) is 1. The van der Waals surface area contributed by atoms with Gasteiger partial charge in [-0.15, -0.1) is 0 Å². The highest BCUT2D eigenvalue weighted by atomic mass is 19.1. The number of hydrogen-bond acceptors (Lipinski definition) is 5. The van der Waals surface area contributed by atoms with Gasteiger partial charge < -0.3 is 15.0 Å². The first-order valence-corrected chi connectivity index (χ1v) is 9.65. The minimum absolute atomic E-state index is 0.107. The molecule has 1 saturated heterocycles. The minimum atomic E-state index is -0.363. The van der Waals surface area contributed by atoms with E-state index in [4.69, 9.17) is 4.74 Å². The van der Waals surface area contributed by atoms with E-state index in [1.54, 1.807) is 14.0 Å². The van der Waals surface area contributed by atoms with Crippen LogP contribution in [0.3, 0.4) is 0 Å². The monoisotopic (exact) mass is 400 g/mol. The summed E-state index contributed by atoms with van der Waals surface area (Å²) in [5.74, 6) is 0.270. The van der Waals surface area contributed by atoms with Crippen molar-refractivity contribution >= 4 is 17.5 Å². The Labute approximate surface area is 169 Å². The van der Waals surface area contributed by atoms with Crippen LogP contribution in [0.4, 0.5) is 10.1 Å². The zero-order valence-corrected chi connectivity index (χ0v) is 16.7. The molecule has 2 heterocycles. The van der Waals surface area contributed by atoms with Gasteiger partial charge in [-0.05, 0) is 44.0 Å². The molecule has 1 aromatic heterocycles. The molecule has 0 atom stereocenters. The quantitative estimate of drug-likeness (QED) is 0.806. The van der Waals surface area contributed by atoms with E-state index in [9.17, 15) is 14.0 Å². The Kier molecular flexibility index (Phi) is 6.87. The number of rotatable bonds is 6. The highest BCUT2D eigenvalue weighted by Crippen LogP contribution is 2.26. The number of hydrogen-bond donors (Lipinski definition) is 1. The number of aryl methyl sites for hydroxylation is 1. The number of aromatic nitrogens is 2. The Morgan fingerprint density at radius 2 is 1.93 bits per heavy atom. The van der Waals surface area contributed by atoms with Gasteiger partial charge in [0.2, 0.25) is 5.91 Å². The molecule has 0 spiro atoms. The fourth-order valence-corrected chi connectivity index (χ4v) is 3.37. The van der Waals surface area contributed by atoms with Crippen molar-refractivity contribution in [3.63, 3.8) is 0 Å². The first-order valence-electron chi connectivity index (χ1n) is 9.65. The molecule has 0 bridgehead atoms. The molecule has 1 aromatic carbocycles. The van der Waals surface area contributed by atoms with Crippen LogP contribution >= 0.6 is 0 Å². The van der Waals surface area contributed by atoms with Crippen LogP contribution in [0.1, 0.15) is 47.1 Å². The number of nitrogens with zero attached hydrogens (tertiary/aromatic N) is 3. The molecule has 2 amide bonds. The lowest BCUT2D eigenvalue weighted by Crippen LogP contribution is -2.38. The van der Waals surface area contributed by atoms with E-state index in [1.165, 1.54) is 30.5 Å². The zero-order chi connectivity index (χ0) is 20.8. The lowest BCUT2D eigenvalue weighted by atomic mass is 9.95. The van der Waals surface area contributed by atoms with Gasteiger partial charge in [0, 0.05) is 38.0 Å². The molecular weight excluding hydrogens is 375 g/mol. The Morgan fingerprint density at radius 1 is 1.24 bits per heavy atom. The molecule has 8 heteroatoms. The topological polar surface area (TPSA) is 84.4 Å². The molecule has 3 rings (SSSR count). The second-order valence-corrected chi connectivity index (χ2v) is 7.09. The van der Waals surface area contributed by atoms with Crippen LogP contribution in [0, 0.1) is 12.7 Å². The van der Waals surface area contributed by atoms with Crippen LogP contribution in [0.5, 0.6) is 0 Å². The summed E-state index contributed by atoms with van der Waals surface area (Å²) in [5.41, 5.74) is 1.48. The summed E-state index contributed by atoms with van der Waals surface area (Å²) in [6.45, 7) is 3.54. The number of benzene rings is 1. The summed E-state index contributed by atoms with van der Waals surface area (Å²) in [4.78, 5) is 35.4. The van der Waals surface area contributed by atoms with Crippen molar-refractivity contribution in [2.45, 2.75) is 32.1 Å². The summed E-state index contributed by atoms with van der Waals surface area (Å²) >= 11 is 0. The molecular formula is C21H25FN4O3. The van der Waals surface area contributed by atoms with Gasteiger partial charge in [-0.1, -0.05) is 0 Å². The van der Waals surface area contributed by atoms with Crippen molar-refractivity contribution in [2.75, 3.05) is 32.1 Å². The summed E-state index contributed by atoms with van der Waals surface area (Å²) in [6.07, 6.45) is 3.51. The van der Waals surface area contributed by atoms with Crippen molar-refractivity contribution in [1.29, 1.82) is 0 Å². The standard InChI is InChI=1S/C21H25FN4O3/c1-14-18(21(28)25-17-5-3-16(22)4-6-17)13-23-20(24-14)15-7-10-26(11-8-15)19(27)9-12-29-2/h3-6,13,15H,7-12H2,1-2H3,(H,25,28). The Balaban J connectivity index is 1.60. The van der Waals surface area contributed by atoms with Crippen molar-refractivity contribution in [1.82, 2.24) is 14.9 Å². The summed E-state index contributed by atoms with van der Waals surface area (Å²) in [6, 6.07) is 5.57. The SMILES string of the molecule is COCCC(=O)N1CCC(c2ncc(C(=O)Nc3ccc(F)cc3)c(C)n2)CC1. The molecule has 0 radical (unpaired) electrons. The Hall–Kier alpha value is -2.87. The highest BCUT2D eigenvalue weighted by Gasteiger charge is 2.26. The first kappa shape index (κ1) is 20.9. The molecule has 1 aliphatic rings. The van der Waals surface area contributed by atoms with Gasteiger partial charge in [-0.3, -0.25) is 9.59 Å². The third-order valence-electron chi connectivity index (χ3n) is 5.08. The smallest absolute Gasteiger partial charge is 0.259 e. The van der Waals surface area contributed by atoms with Crippen LogP contribution in [-0.2, 0) is 9.53 Å². The first-order chi connectivity index (χ1) is 14.0. The van der Waals surface area contributed by atoms with E-state index in [-0.39, 0.29) is 23.5 Å². The van der Waals surface area contributed by atoms with E-state index in [0.29, 0.717) is 48.9 Å². The lowest BCUT2D eigenvalue weighted by Gasteiger charge is -2.31. The average molecular weight is 400 g/mol. The van der Waals surface area contributed by atoms with Gasteiger partial charge in [0.05, 0.1) is 24.3 Å². The molecule has 2 aromatic rings. The van der Waals surface area contributed by atoms with Gasteiger partial charge in [0.25, 0.3) is 5.91 Å². The fraction of sp³-hybridized carbons (Fsp3) is 0.429. The predicted octanol–water partition coefficient (Wildman–Crippen LogP) is 2.92. The van der Waals surface area contributed by atoms with Crippen LogP contribution in [0.15, 0.2) is 30.5 Å². The van der Waals surface area contributed by atoms with E-state index >= 15 is 0 Å². The summed E-state index contributed by atoms with van der Waals surface area (Å²) in [7, 11) is 1.59. The maximum atomic E-state index is 13.0. The largest absolute Gasteiger partial charge is 0.384 e. The normalized spacial score (nSPS) is 14.7. The molecule has 1 N–H and O–H groups in total. The van der Waals surface area contributed by atoms with Crippen molar-refractivity contribution in [3.05, 3.63) is 53.4 Å². The average Bonchev–Trinajstić information content (AvgIpc) is 2.73. The third kappa shape index (κ3) is 5.35. The van der Waals surface area contributed by atoms with E-state index in [0.717, 1.165) is 12.8 Å². The Morgan fingerprint density at radius 3 is 2.55 bits per heavy atom. The third-order valence-corrected chi connectivity index (χ3v) is 5.08. The number of carbonyl (C=O) groups excluding carboxylic acids is 2. The van der Waals surface area contributed by atoms with Gasteiger partial charge >= 0.3 is 0 Å². The summed E-state index contributed by atoms with van der Waals surface area (Å²) in [5, 5.41) is 2.72. The second-order valence-electron chi connectivity index (χ2n) is 7.09. The van der Waals surface area contributed by atoms with E-state index < -0.39 is 0 Å². The van der Waals surface area contributed by atoms with E-state index in [1.807, 2.05) is 4.90 Å². The zero-order valence-electron chi connectivity index (χ0n) is 16.7. The minimum Gasteiger partial charge on any atom is -0.384 e. The predicted molar refractivity (Wildman–Crippen MR) is 106 cm³/mol. The van der Waals surface area contributed by atoms with Crippen molar-refractivity contribution in [2.24, 2.45) is 0 Å². The Bertz CT molecular complexity index is 865. The maximum Gasteiger partial charge on any atom is 0.259 e. The number of ether oxygens (including phenoxy) is 1. The molecule has 0 saturated carbocycles. The van der Waals surface area contributed by atoms with Crippen LogP contribution in [0.2, 0.25) is 0 Å². The number of methoxy groups -OCH3 is 1. The number of amides is 2. The van der Waals surface area contributed by atoms with E-state index in [2.05, 4.69) is 15.3 Å². The van der Waals surface area contributed by atoms with Gasteiger partial charge in [0.15, 0.2) is 0 Å². The molecule has 0 aliphatic carbocycles. The van der Waals surface area contributed by atoms with Gasteiger partial charge in [-0.25, -0.2) is 14.4 Å². The number of carbonyl (C=O) groups is 2.